The van der Waals surface area contributed by atoms with E-state index in [1.54, 1.807) is 11.0 Å². The Hall–Kier alpha value is -3.41. The topological polar surface area (TPSA) is 69.4 Å². The smallest absolute Gasteiger partial charge is 0.162 e. The number of aromatic nitrogens is 6. The van der Waals surface area contributed by atoms with Crippen LogP contribution in [0, 0.1) is 0 Å². The van der Waals surface area contributed by atoms with Crippen molar-refractivity contribution in [2.24, 2.45) is 0 Å². The summed E-state index contributed by atoms with van der Waals surface area (Å²) in [5.74, 6) is 0.668. The van der Waals surface area contributed by atoms with E-state index in [-0.39, 0.29) is 0 Å². The molecule has 0 saturated carbocycles. The summed E-state index contributed by atoms with van der Waals surface area (Å²) in [5, 5.41) is 4.13. The molecule has 0 spiro atoms. The standard InChI is InChI=1S/C17H12N6/c1-2-14(8-15(3-1)17-20-9-18-10-21-17)13-4-6-16(7-5-13)23-12-19-11-22-23/h1-12H. The lowest BCUT2D eigenvalue weighted by molar-refractivity contribution is 0.879. The second-order valence-electron chi connectivity index (χ2n) is 4.93. The van der Waals surface area contributed by atoms with Crippen LogP contribution in [0.4, 0.5) is 0 Å². The average Bonchev–Trinajstić information content (AvgIpc) is 3.17. The summed E-state index contributed by atoms with van der Waals surface area (Å²) in [6, 6.07) is 16.3. The third-order valence-electron chi connectivity index (χ3n) is 3.50. The van der Waals surface area contributed by atoms with Crippen molar-refractivity contribution in [2.45, 2.75) is 0 Å². The number of nitrogens with zero attached hydrogens (tertiary/aromatic N) is 6. The van der Waals surface area contributed by atoms with Gasteiger partial charge in [0.2, 0.25) is 0 Å². The lowest BCUT2D eigenvalue weighted by atomic mass is 10.0. The monoisotopic (exact) mass is 300 g/mol. The molecule has 6 heteroatoms. The molecule has 2 aromatic heterocycles. The van der Waals surface area contributed by atoms with Crippen molar-refractivity contribution in [2.75, 3.05) is 0 Å². The zero-order chi connectivity index (χ0) is 15.5. The largest absolute Gasteiger partial charge is 0.225 e. The molecule has 6 nitrogen and oxygen atoms in total. The SMILES string of the molecule is c1cc(-c2ccc(-n3cncn3)cc2)cc(-c2ncncn2)c1. The van der Waals surface area contributed by atoms with Gasteiger partial charge in [-0.25, -0.2) is 24.6 Å². The van der Waals surface area contributed by atoms with Crippen LogP contribution in [0.25, 0.3) is 28.2 Å². The zero-order valence-corrected chi connectivity index (χ0v) is 12.1. The summed E-state index contributed by atoms with van der Waals surface area (Å²) >= 11 is 0. The molecule has 0 N–H and O–H groups in total. The lowest BCUT2D eigenvalue weighted by Crippen LogP contribution is -1.93. The van der Waals surface area contributed by atoms with E-state index in [0.29, 0.717) is 5.82 Å². The fourth-order valence-electron chi connectivity index (χ4n) is 2.37. The second-order valence-corrected chi connectivity index (χ2v) is 4.93. The Morgan fingerprint density at radius 3 is 2.22 bits per heavy atom. The fourth-order valence-corrected chi connectivity index (χ4v) is 2.37. The van der Waals surface area contributed by atoms with Crippen LogP contribution in [0.5, 0.6) is 0 Å². The van der Waals surface area contributed by atoms with E-state index in [1.165, 1.54) is 19.0 Å². The van der Waals surface area contributed by atoms with Gasteiger partial charge in [0.05, 0.1) is 5.69 Å². The van der Waals surface area contributed by atoms with Gasteiger partial charge in [-0.1, -0.05) is 30.3 Å². The first-order valence-corrected chi connectivity index (χ1v) is 7.08. The van der Waals surface area contributed by atoms with Crippen molar-refractivity contribution < 1.29 is 0 Å². The van der Waals surface area contributed by atoms with Crippen LogP contribution >= 0.6 is 0 Å². The molecule has 0 saturated heterocycles. The van der Waals surface area contributed by atoms with Crippen molar-refractivity contribution in [3.63, 3.8) is 0 Å². The van der Waals surface area contributed by atoms with Crippen LogP contribution in [0.15, 0.2) is 73.8 Å². The van der Waals surface area contributed by atoms with E-state index in [0.717, 1.165) is 22.4 Å². The maximum Gasteiger partial charge on any atom is 0.162 e. The molecular weight excluding hydrogens is 288 g/mol. The van der Waals surface area contributed by atoms with Crippen LogP contribution in [-0.4, -0.2) is 29.7 Å². The molecule has 0 aliphatic rings. The Balaban J connectivity index is 1.68. The second kappa shape index (κ2) is 5.76. The molecule has 0 radical (unpaired) electrons. The van der Waals surface area contributed by atoms with Gasteiger partial charge in [-0.3, -0.25) is 0 Å². The number of benzene rings is 2. The lowest BCUT2D eigenvalue weighted by Gasteiger charge is -2.06. The Labute approximate surface area is 132 Å². The van der Waals surface area contributed by atoms with Crippen LogP contribution in [0.3, 0.4) is 0 Å². The van der Waals surface area contributed by atoms with Crippen LogP contribution < -0.4 is 0 Å². The first-order valence-electron chi connectivity index (χ1n) is 7.08. The molecule has 0 atom stereocenters. The van der Waals surface area contributed by atoms with Gasteiger partial charge in [0.1, 0.15) is 25.3 Å². The highest BCUT2D eigenvalue weighted by Gasteiger charge is 2.04. The number of rotatable bonds is 3. The fraction of sp³-hybridized carbons (Fsp3) is 0. The highest BCUT2D eigenvalue weighted by molar-refractivity contribution is 5.70. The Kier molecular flexibility index (Phi) is 3.32. The summed E-state index contributed by atoms with van der Waals surface area (Å²) < 4.78 is 1.73. The normalized spacial score (nSPS) is 10.6. The highest BCUT2D eigenvalue weighted by atomic mass is 15.3. The van der Waals surface area contributed by atoms with E-state index < -0.39 is 0 Å². The van der Waals surface area contributed by atoms with Crippen molar-refractivity contribution in [1.29, 1.82) is 0 Å². The predicted octanol–water partition coefficient (Wildman–Crippen LogP) is 2.79. The van der Waals surface area contributed by atoms with E-state index in [4.69, 9.17) is 0 Å². The molecule has 4 aromatic rings. The van der Waals surface area contributed by atoms with Gasteiger partial charge in [0, 0.05) is 5.56 Å². The van der Waals surface area contributed by atoms with Crippen molar-refractivity contribution in [3.8, 4) is 28.2 Å². The average molecular weight is 300 g/mol. The van der Waals surface area contributed by atoms with Crippen molar-refractivity contribution in [1.82, 2.24) is 29.7 Å². The summed E-state index contributed by atoms with van der Waals surface area (Å²) in [7, 11) is 0. The van der Waals surface area contributed by atoms with Gasteiger partial charge in [-0.2, -0.15) is 5.10 Å². The molecule has 2 heterocycles. The summed E-state index contributed by atoms with van der Waals surface area (Å²) in [6.45, 7) is 0. The van der Waals surface area contributed by atoms with Crippen LogP contribution in [0.2, 0.25) is 0 Å². The third kappa shape index (κ3) is 2.69. The van der Waals surface area contributed by atoms with Gasteiger partial charge in [-0.15, -0.1) is 0 Å². The minimum absolute atomic E-state index is 0.668. The highest BCUT2D eigenvalue weighted by Crippen LogP contribution is 2.25. The molecule has 2 aromatic carbocycles. The van der Waals surface area contributed by atoms with Gasteiger partial charge in [-0.05, 0) is 29.3 Å². The van der Waals surface area contributed by atoms with Crippen molar-refractivity contribution in [3.05, 3.63) is 73.8 Å². The Morgan fingerprint density at radius 1 is 0.696 bits per heavy atom. The molecule has 110 valence electrons. The maximum absolute atomic E-state index is 4.19. The Bertz CT molecular complexity index is 901. The molecule has 0 amide bonds. The van der Waals surface area contributed by atoms with E-state index in [1.807, 2.05) is 24.3 Å². The minimum atomic E-state index is 0.668. The Morgan fingerprint density at radius 2 is 1.48 bits per heavy atom. The first kappa shape index (κ1) is 13.3. The molecule has 0 bridgehead atoms. The molecular formula is C17H12N6. The minimum Gasteiger partial charge on any atom is -0.225 e. The molecule has 4 rings (SSSR count). The van der Waals surface area contributed by atoms with Gasteiger partial charge < -0.3 is 0 Å². The molecule has 0 aliphatic carbocycles. The van der Waals surface area contributed by atoms with E-state index in [2.05, 4.69) is 49.3 Å². The molecule has 0 aliphatic heterocycles. The molecule has 0 fully saturated rings. The van der Waals surface area contributed by atoms with Gasteiger partial charge in [0.25, 0.3) is 0 Å². The van der Waals surface area contributed by atoms with E-state index >= 15 is 0 Å². The third-order valence-corrected chi connectivity index (χ3v) is 3.50. The zero-order valence-electron chi connectivity index (χ0n) is 12.1. The summed E-state index contributed by atoms with van der Waals surface area (Å²) in [6.07, 6.45) is 6.20. The van der Waals surface area contributed by atoms with Crippen LogP contribution in [-0.2, 0) is 0 Å². The number of hydrogen-bond donors (Lipinski definition) is 0. The first-order chi connectivity index (χ1) is 11.4. The predicted molar refractivity (Wildman–Crippen MR) is 85.6 cm³/mol. The van der Waals surface area contributed by atoms with Crippen LogP contribution in [0.1, 0.15) is 0 Å². The van der Waals surface area contributed by atoms with Crippen molar-refractivity contribution >= 4 is 0 Å². The quantitative estimate of drug-likeness (QED) is 0.582. The van der Waals surface area contributed by atoms with Gasteiger partial charge in [0.15, 0.2) is 5.82 Å². The summed E-state index contributed by atoms with van der Waals surface area (Å²) in [5.41, 5.74) is 4.16. The molecule has 0 unspecified atom stereocenters. The molecule has 23 heavy (non-hydrogen) atoms. The maximum atomic E-state index is 4.19. The van der Waals surface area contributed by atoms with Gasteiger partial charge >= 0.3 is 0 Å². The summed E-state index contributed by atoms with van der Waals surface area (Å²) in [4.78, 5) is 16.2. The van der Waals surface area contributed by atoms with E-state index in [9.17, 15) is 0 Å². The number of hydrogen-bond acceptors (Lipinski definition) is 5.